The number of carbonyl (C=O) groups excluding carboxylic acids is 2. The first-order valence-corrected chi connectivity index (χ1v) is 13.5. The summed E-state index contributed by atoms with van der Waals surface area (Å²) in [5.41, 5.74) is 0.762. The summed E-state index contributed by atoms with van der Waals surface area (Å²) in [6.45, 7) is 2.15. The molecule has 7 nitrogen and oxygen atoms in total. The second kappa shape index (κ2) is 10.3. The first kappa shape index (κ1) is 26.7. The number of hydrogen-bond donors (Lipinski definition) is 0. The van der Waals surface area contributed by atoms with Crippen molar-refractivity contribution in [3.8, 4) is 33.6 Å². The average Bonchev–Trinajstić information content (AvgIpc) is 3.51. The van der Waals surface area contributed by atoms with Gasteiger partial charge in [-0.1, -0.05) is 64.1 Å². The predicted molar refractivity (Wildman–Crippen MR) is 149 cm³/mol. The van der Waals surface area contributed by atoms with E-state index < -0.39 is 11.8 Å². The van der Waals surface area contributed by atoms with Gasteiger partial charge in [0.1, 0.15) is 16.8 Å². The quantitative estimate of drug-likeness (QED) is 0.0961. The SMILES string of the molecule is CCOc1cc(-c2cc(-c3cccs3)c(C#N)c(N3C(=O)c4c(Cl)c(Cl)c(Cl)c(Cl)c4C3=O)n2)cc(Cl)n1. The molecule has 3 aromatic heterocycles. The molecule has 0 atom stereocenters. The molecule has 1 aliphatic heterocycles. The monoisotopic (exact) mass is 622 g/mol. The largest absolute Gasteiger partial charge is 0.478 e. The third-order valence-electron chi connectivity index (χ3n) is 5.57. The smallest absolute Gasteiger partial charge is 0.269 e. The molecule has 0 bridgehead atoms. The number of halogens is 5. The molecule has 13 heteroatoms. The molecule has 38 heavy (non-hydrogen) atoms. The number of benzene rings is 1. The maximum Gasteiger partial charge on any atom is 0.269 e. The fourth-order valence-electron chi connectivity index (χ4n) is 3.96. The highest BCUT2D eigenvalue weighted by molar-refractivity contribution is 7.13. The van der Waals surface area contributed by atoms with E-state index in [-0.39, 0.29) is 53.6 Å². The minimum absolute atomic E-state index is 0.0136. The Kier molecular flexibility index (Phi) is 7.27. The van der Waals surface area contributed by atoms with Crippen LogP contribution >= 0.6 is 69.3 Å². The van der Waals surface area contributed by atoms with E-state index in [4.69, 9.17) is 62.7 Å². The highest BCUT2D eigenvalue weighted by atomic mass is 35.5. The first-order valence-electron chi connectivity index (χ1n) is 10.7. The third kappa shape index (κ3) is 4.30. The second-order valence-electron chi connectivity index (χ2n) is 7.74. The van der Waals surface area contributed by atoms with Gasteiger partial charge < -0.3 is 4.74 Å². The lowest BCUT2D eigenvalue weighted by Gasteiger charge is -2.18. The number of carbonyl (C=O) groups is 2. The van der Waals surface area contributed by atoms with Crippen molar-refractivity contribution in [2.75, 3.05) is 11.5 Å². The summed E-state index contributed by atoms with van der Waals surface area (Å²) in [5, 5.41) is 11.4. The van der Waals surface area contributed by atoms with Gasteiger partial charge in [-0.3, -0.25) is 9.59 Å². The summed E-state index contributed by atoms with van der Waals surface area (Å²) in [4.78, 5) is 37.4. The number of fused-ring (bicyclic) bond motifs is 1. The Hall–Kier alpha value is -2.90. The maximum absolute atomic E-state index is 13.6. The highest BCUT2D eigenvalue weighted by Gasteiger charge is 2.44. The Balaban J connectivity index is 1.79. The van der Waals surface area contributed by atoms with Gasteiger partial charge in [-0.25, -0.2) is 14.9 Å². The summed E-state index contributed by atoms with van der Waals surface area (Å²) < 4.78 is 5.50. The van der Waals surface area contributed by atoms with Gasteiger partial charge >= 0.3 is 0 Å². The van der Waals surface area contributed by atoms with Gasteiger partial charge in [0.25, 0.3) is 11.8 Å². The molecule has 0 radical (unpaired) electrons. The summed E-state index contributed by atoms with van der Waals surface area (Å²) in [5.74, 6) is -1.66. The van der Waals surface area contributed by atoms with Gasteiger partial charge in [-0.05, 0) is 30.5 Å². The van der Waals surface area contributed by atoms with E-state index in [0.29, 0.717) is 28.3 Å². The molecule has 2 amide bonds. The minimum Gasteiger partial charge on any atom is -0.478 e. The summed E-state index contributed by atoms with van der Waals surface area (Å²) in [6, 6.07) is 10.5. The van der Waals surface area contributed by atoms with Crippen molar-refractivity contribution in [3.63, 3.8) is 0 Å². The summed E-state index contributed by atoms with van der Waals surface area (Å²) >= 11 is 32.5. The topological polar surface area (TPSA) is 96.2 Å². The molecule has 0 unspecified atom stereocenters. The molecule has 0 spiro atoms. The van der Waals surface area contributed by atoms with E-state index in [1.54, 1.807) is 31.2 Å². The lowest BCUT2D eigenvalue weighted by Crippen LogP contribution is -2.31. The van der Waals surface area contributed by atoms with Crippen LogP contribution in [0.4, 0.5) is 5.82 Å². The van der Waals surface area contributed by atoms with Gasteiger partial charge in [-0.15, -0.1) is 11.3 Å². The molecular formula is C25H11Cl5N4O3S. The zero-order valence-corrected chi connectivity index (χ0v) is 23.6. The van der Waals surface area contributed by atoms with Gasteiger partial charge in [0.15, 0.2) is 5.82 Å². The van der Waals surface area contributed by atoms with Crippen LogP contribution in [-0.4, -0.2) is 28.4 Å². The molecular weight excluding hydrogens is 614 g/mol. The van der Waals surface area contributed by atoms with E-state index >= 15 is 0 Å². The van der Waals surface area contributed by atoms with Crippen molar-refractivity contribution in [3.05, 3.63) is 77.6 Å². The number of anilines is 1. The number of amides is 2. The molecule has 1 aliphatic rings. The van der Waals surface area contributed by atoms with Crippen molar-refractivity contribution in [2.45, 2.75) is 6.92 Å². The van der Waals surface area contributed by atoms with E-state index in [2.05, 4.69) is 16.0 Å². The Labute approximate surface area is 245 Å². The molecule has 0 saturated carbocycles. The summed E-state index contributed by atoms with van der Waals surface area (Å²) in [7, 11) is 0. The van der Waals surface area contributed by atoms with Crippen LogP contribution in [0, 0.1) is 11.3 Å². The number of aromatic nitrogens is 2. The molecule has 0 aliphatic carbocycles. The van der Waals surface area contributed by atoms with Crippen LogP contribution in [-0.2, 0) is 0 Å². The van der Waals surface area contributed by atoms with Gasteiger partial charge in [0.2, 0.25) is 5.88 Å². The molecule has 190 valence electrons. The Morgan fingerprint density at radius 1 is 0.974 bits per heavy atom. The van der Waals surface area contributed by atoms with Crippen molar-refractivity contribution in [1.82, 2.24) is 9.97 Å². The van der Waals surface area contributed by atoms with E-state index in [9.17, 15) is 14.9 Å². The number of imide groups is 1. The Morgan fingerprint density at radius 3 is 2.18 bits per heavy atom. The highest BCUT2D eigenvalue weighted by Crippen LogP contribution is 2.47. The third-order valence-corrected chi connectivity index (χ3v) is 8.47. The molecule has 4 aromatic rings. The minimum atomic E-state index is -0.850. The van der Waals surface area contributed by atoms with Crippen LogP contribution in [0.3, 0.4) is 0 Å². The number of thiophene rings is 1. The van der Waals surface area contributed by atoms with Crippen molar-refractivity contribution in [1.29, 1.82) is 5.26 Å². The van der Waals surface area contributed by atoms with Crippen LogP contribution < -0.4 is 9.64 Å². The molecule has 0 saturated heterocycles. The number of hydrogen-bond acceptors (Lipinski definition) is 7. The normalized spacial score (nSPS) is 12.6. The van der Waals surface area contributed by atoms with Crippen molar-refractivity contribution >= 4 is 87.0 Å². The molecule has 4 heterocycles. The predicted octanol–water partition coefficient (Wildman–Crippen LogP) is 8.21. The van der Waals surface area contributed by atoms with E-state index in [1.165, 1.54) is 11.3 Å². The van der Waals surface area contributed by atoms with Crippen LogP contribution in [0.2, 0.25) is 25.2 Å². The molecule has 0 fully saturated rings. The van der Waals surface area contributed by atoms with E-state index in [0.717, 1.165) is 4.90 Å². The molecule has 1 aromatic carbocycles. The number of rotatable bonds is 5. The molecule has 0 N–H and O–H groups in total. The number of nitrogens with zero attached hydrogens (tertiary/aromatic N) is 4. The Bertz CT molecular complexity index is 1660. The lowest BCUT2D eigenvalue weighted by molar-refractivity contribution is 0.0925. The second-order valence-corrected chi connectivity index (χ2v) is 10.6. The fraction of sp³-hybridized carbons (Fsp3) is 0.0800. The van der Waals surface area contributed by atoms with Crippen LogP contribution in [0.1, 0.15) is 33.2 Å². The van der Waals surface area contributed by atoms with Gasteiger partial charge in [0.05, 0.1) is 43.5 Å². The standard InChI is InChI=1S/C25H11Cl5N4O3S/c1-2-37-16-7-10(6-15(26)33-16)13-8-11(14-4-3-5-38-14)12(9-31)23(32-13)34-24(35)17-18(25(34)36)20(28)22(30)21(29)19(17)27/h3-8H,2H2,1H3. The van der Waals surface area contributed by atoms with Gasteiger partial charge in [-0.2, -0.15) is 5.26 Å². The number of pyridine rings is 2. The number of ether oxygens (including phenoxy) is 1. The zero-order valence-electron chi connectivity index (χ0n) is 19.0. The van der Waals surface area contributed by atoms with Gasteiger partial charge in [0, 0.05) is 22.1 Å². The zero-order chi connectivity index (χ0) is 27.3. The van der Waals surface area contributed by atoms with Crippen molar-refractivity contribution in [2.24, 2.45) is 0 Å². The van der Waals surface area contributed by atoms with Crippen LogP contribution in [0.5, 0.6) is 5.88 Å². The van der Waals surface area contributed by atoms with Crippen LogP contribution in [0.25, 0.3) is 21.7 Å². The average molecular weight is 625 g/mol. The molecule has 5 rings (SSSR count). The maximum atomic E-state index is 13.6. The first-order chi connectivity index (χ1) is 18.2. The Morgan fingerprint density at radius 2 is 1.63 bits per heavy atom. The number of nitriles is 1. The summed E-state index contributed by atoms with van der Waals surface area (Å²) in [6.07, 6.45) is 0. The van der Waals surface area contributed by atoms with Crippen LogP contribution in [0.15, 0.2) is 35.7 Å². The van der Waals surface area contributed by atoms with E-state index in [1.807, 2.05) is 11.4 Å². The van der Waals surface area contributed by atoms with Crippen molar-refractivity contribution < 1.29 is 14.3 Å². The fourth-order valence-corrected chi connectivity index (χ4v) is 5.93. The lowest BCUT2D eigenvalue weighted by atomic mass is 10.0.